The number of hydrogen-bond acceptors (Lipinski definition) is 2. The standard InChI is InChI=1S/C11H13N3O2/c1-6-10(7(2)14(3)13-6)8-4-5-9(12-8)11(15)16/h4-5,12H,1-3H3,(H,15,16). The third-order valence-electron chi connectivity index (χ3n) is 2.69. The highest BCUT2D eigenvalue weighted by atomic mass is 16.4. The minimum Gasteiger partial charge on any atom is -0.477 e. The van der Waals surface area contributed by atoms with Gasteiger partial charge in [0.1, 0.15) is 5.69 Å². The second-order valence-corrected chi connectivity index (χ2v) is 3.76. The fraction of sp³-hybridized carbons (Fsp3) is 0.273. The maximum Gasteiger partial charge on any atom is 0.352 e. The van der Waals surface area contributed by atoms with Gasteiger partial charge in [-0.15, -0.1) is 0 Å². The number of aromatic nitrogens is 3. The molecular formula is C11H13N3O2. The average molecular weight is 219 g/mol. The zero-order valence-electron chi connectivity index (χ0n) is 9.40. The van der Waals surface area contributed by atoms with E-state index in [1.54, 1.807) is 16.8 Å². The second-order valence-electron chi connectivity index (χ2n) is 3.76. The van der Waals surface area contributed by atoms with Gasteiger partial charge in [0.25, 0.3) is 0 Å². The Bertz CT molecular complexity index is 552. The van der Waals surface area contributed by atoms with Crippen molar-refractivity contribution in [1.82, 2.24) is 14.8 Å². The van der Waals surface area contributed by atoms with E-state index in [1.165, 1.54) is 0 Å². The van der Waals surface area contributed by atoms with Crippen molar-refractivity contribution in [2.75, 3.05) is 0 Å². The van der Waals surface area contributed by atoms with Crippen LogP contribution in [0.15, 0.2) is 12.1 Å². The molecule has 0 saturated carbocycles. The van der Waals surface area contributed by atoms with Crippen molar-refractivity contribution in [2.24, 2.45) is 7.05 Å². The van der Waals surface area contributed by atoms with Gasteiger partial charge in [-0.1, -0.05) is 0 Å². The molecular weight excluding hydrogens is 206 g/mol. The number of aryl methyl sites for hydroxylation is 2. The molecule has 2 N–H and O–H groups in total. The maximum absolute atomic E-state index is 10.8. The predicted octanol–water partition coefficient (Wildman–Crippen LogP) is 1.73. The summed E-state index contributed by atoms with van der Waals surface area (Å²) in [5.41, 5.74) is 3.85. The number of aromatic carboxylic acids is 1. The number of nitrogens with one attached hydrogen (secondary N) is 1. The maximum atomic E-state index is 10.8. The average Bonchev–Trinajstić information content (AvgIpc) is 2.74. The Balaban J connectivity index is 2.54. The zero-order valence-corrected chi connectivity index (χ0v) is 9.40. The van der Waals surface area contributed by atoms with E-state index in [2.05, 4.69) is 10.1 Å². The van der Waals surface area contributed by atoms with Gasteiger partial charge in [0, 0.05) is 24.0 Å². The Morgan fingerprint density at radius 2 is 2.12 bits per heavy atom. The fourth-order valence-electron chi connectivity index (χ4n) is 1.83. The highest BCUT2D eigenvalue weighted by Gasteiger charge is 2.14. The summed E-state index contributed by atoms with van der Waals surface area (Å²) in [7, 11) is 1.87. The largest absolute Gasteiger partial charge is 0.477 e. The molecule has 2 heterocycles. The number of aromatic amines is 1. The second kappa shape index (κ2) is 3.52. The molecule has 5 nitrogen and oxygen atoms in total. The lowest BCUT2D eigenvalue weighted by molar-refractivity contribution is 0.0691. The Morgan fingerprint density at radius 1 is 1.44 bits per heavy atom. The van der Waals surface area contributed by atoms with Crippen LogP contribution in [0, 0.1) is 13.8 Å². The molecule has 0 fully saturated rings. The van der Waals surface area contributed by atoms with Gasteiger partial charge in [0.2, 0.25) is 0 Å². The Morgan fingerprint density at radius 3 is 2.56 bits per heavy atom. The third kappa shape index (κ3) is 1.50. The van der Waals surface area contributed by atoms with Gasteiger partial charge in [-0.2, -0.15) is 5.10 Å². The molecule has 0 saturated heterocycles. The van der Waals surface area contributed by atoms with Crippen molar-refractivity contribution >= 4 is 5.97 Å². The zero-order chi connectivity index (χ0) is 11.9. The smallest absolute Gasteiger partial charge is 0.352 e. The predicted molar refractivity (Wildman–Crippen MR) is 59.4 cm³/mol. The summed E-state index contributed by atoms with van der Waals surface area (Å²) in [6.45, 7) is 3.86. The molecule has 0 atom stereocenters. The lowest BCUT2D eigenvalue weighted by Gasteiger charge is -1.98. The van der Waals surface area contributed by atoms with Crippen LogP contribution < -0.4 is 0 Å². The lowest BCUT2D eigenvalue weighted by Crippen LogP contribution is -1.96. The minimum absolute atomic E-state index is 0.192. The molecule has 0 aliphatic carbocycles. The number of nitrogens with zero attached hydrogens (tertiary/aromatic N) is 2. The molecule has 5 heteroatoms. The summed E-state index contributed by atoms with van der Waals surface area (Å²) < 4.78 is 1.78. The van der Waals surface area contributed by atoms with Gasteiger partial charge in [0.15, 0.2) is 0 Å². The molecule has 0 aliphatic heterocycles. The third-order valence-corrected chi connectivity index (χ3v) is 2.69. The van der Waals surface area contributed by atoms with E-state index in [1.807, 2.05) is 20.9 Å². The number of carbonyl (C=O) groups is 1. The van der Waals surface area contributed by atoms with Gasteiger partial charge in [0.05, 0.1) is 5.69 Å². The topological polar surface area (TPSA) is 70.9 Å². The van der Waals surface area contributed by atoms with E-state index in [-0.39, 0.29) is 5.69 Å². The van der Waals surface area contributed by atoms with Crippen molar-refractivity contribution in [2.45, 2.75) is 13.8 Å². The molecule has 0 bridgehead atoms. The molecule has 2 aromatic heterocycles. The van der Waals surface area contributed by atoms with Crippen LogP contribution in [0.5, 0.6) is 0 Å². The molecule has 0 radical (unpaired) electrons. The minimum atomic E-state index is -0.953. The monoisotopic (exact) mass is 219 g/mol. The van der Waals surface area contributed by atoms with Crippen LogP contribution in [0.4, 0.5) is 0 Å². The van der Waals surface area contributed by atoms with Gasteiger partial charge < -0.3 is 10.1 Å². The normalized spacial score (nSPS) is 10.7. The van der Waals surface area contributed by atoms with Gasteiger partial charge in [-0.3, -0.25) is 4.68 Å². The van der Waals surface area contributed by atoms with E-state index >= 15 is 0 Å². The summed E-state index contributed by atoms with van der Waals surface area (Å²) in [4.78, 5) is 13.6. The molecule has 16 heavy (non-hydrogen) atoms. The molecule has 0 unspecified atom stereocenters. The SMILES string of the molecule is Cc1nn(C)c(C)c1-c1ccc(C(=O)O)[nH]1. The van der Waals surface area contributed by atoms with E-state index in [9.17, 15) is 4.79 Å². The van der Waals surface area contributed by atoms with Gasteiger partial charge >= 0.3 is 5.97 Å². The molecule has 84 valence electrons. The number of carboxylic acids is 1. The van der Waals surface area contributed by atoms with Crippen LogP contribution >= 0.6 is 0 Å². The van der Waals surface area contributed by atoms with Crippen LogP contribution in [0.25, 0.3) is 11.3 Å². The molecule has 2 aromatic rings. The Labute approximate surface area is 92.7 Å². The number of hydrogen-bond donors (Lipinski definition) is 2. The van der Waals surface area contributed by atoms with Crippen LogP contribution in [-0.4, -0.2) is 25.8 Å². The highest BCUT2D eigenvalue weighted by molar-refractivity contribution is 5.87. The fourth-order valence-corrected chi connectivity index (χ4v) is 1.83. The van der Waals surface area contributed by atoms with E-state index in [0.717, 1.165) is 22.6 Å². The quantitative estimate of drug-likeness (QED) is 0.808. The summed E-state index contributed by atoms with van der Waals surface area (Å²) in [5, 5.41) is 13.1. The van der Waals surface area contributed by atoms with Gasteiger partial charge in [-0.05, 0) is 26.0 Å². The van der Waals surface area contributed by atoms with Crippen molar-refractivity contribution < 1.29 is 9.90 Å². The van der Waals surface area contributed by atoms with E-state index in [4.69, 9.17) is 5.11 Å². The Hall–Kier alpha value is -2.04. The van der Waals surface area contributed by atoms with Crippen LogP contribution in [0.2, 0.25) is 0 Å². The lowest BCUT2D eigenvalue weighted by atomic mass is 10.1. The van der Waals surface area contributed by atoms with E-state index in [0.29, 0.717) is 0 Å². The van der Waals surface area contributed by atoms with Crippen LogP contribution in [0.3, 0.4) is 0 Å². The number of rotatable bonds is 2. The van der Waals surface area contributed by atoms with Crippen molar-refractivity contribution in [3.63, 3.8) is 0 Å². The summed E-state index contributed by atoms with van der Waals surface area (Å²) in [6, 6.07) is 3.32. The van der Waals surface area contributed by atoms with Crippen LogP contribution in [-0.2, 0) is 7.05 Å². The van der Waals surface area contributed by atoms with Crippen molar-refractivity contribution in [1.29, 1.82) is 0 Å². The molecule has 0 spiro atoms. The summed E-state index contributed by atoms with van der Waals surface area (Å²) in [5.74, 6) is -0.953. The first-order valence-electron chi connectivity index (χ1n) is 4.93. The first-order chi connectivity index (χ1) is 7.50. The van der Waals surface area contributed by atoms with Gasteiger partial charge in [-0.25, -0.2) is 4.79 Å². The first-order valence-corrected chi connectivity index (χ1v) is 4.93. The molecule has 0 aliphatic rings. The summed E-state index contributed by atoms with van der Waals surface area (Å²) >= 11 is 0. The first kappa shape index (κ1) is 10.5. The molecule has 0 amide bonds. The van der Waals surface area contributed by atoms with E-state index < -0.39 is 5.97 Å². The highest BCUT2D eigenvalue weighted by Crippen LogP contribution is 2.25. The van der Waals surface area contributed by atoms with Crippen LogP contribution in [0.1, 0.15) is 21.9 Å². The number of H-pyrrole nitrogens is 1. The molecule has 2 rings (SSSR count). The Kier molecular flexibility index (Phi) is 2.30. The van der Waals surface area contributed by atoms with Crippen molar-refractivity contribution in [3.05, 3.63) is 29.2 Å². The number of carboxylic acid groups (broad SMARTS) is 1. The summed E-state index contributed by atoms with van der Waals surface area (Å²) in [6.07, 6.45) is 0. The molecule has 0 aromatic carbocycles. The van der Waals surface area contributed by atoms with Crippen molar-refractivity contribution in [3.8, 4) is 11.3 Å².